The molecule has 1 aromatic heterocycles. The number of benzene rings is 2. The lowest BCUT2D eigenvalue weighted by Crippen LogP contribution is -2.35. The van der Waals surface area contributed by atoms with Gasteiger partial charge in [0.05, 0.1) is 17.0 Å². The SMILES string of the molecule is Cc1cc2oc3c(c(=O)c2cc1Cl)[C@@H](c1ccccc1F)N(CCN(C)C)C3=O. The summed E-state index contributed by atoms with van der Waals surface area (Å²) in [4.78, 5) is 30.0. The van der Waals surface area contributed by atoms with Crippen LogP contribution in [0, 0.1) is 12.7 Å². The number of rotatable bonds is 4. The first-order valence-electron chi connectivity index (χ1n) is 9.26. The van der Waals surface area contributed by atoms with Crippen molar-refractivity contribution >= 4 is 28.5 Å². The highest BCUT2D eigenvalue weighted by molar-refractivity contribution is 6.32. The second-order valence-electron chi connectivity index (χ2n) is 7.50. The number of carbonyl (C=O) groups excluding carboxylic acids is 1. The highest BCUT2D eigenvalue weighted by Gasteiger charge is 2.43. The van der Waals surface area contributed by atoms with Crippen molar-refractivity contribution in [1.29, 1.82) is 0 Å². The quantitative estimate of drug-likeness (QED) is 0.647. The van der Waals surface area contributed by atoms with Crippen LogP contribution in [-0.2, 0) is 0 Å². The van der Waals surface area contributed by atoms with Crippen molar-refractivity contribution in [2.75, 3.05) is 27.2 Å². The highest BCUT2D eigenvalue weighted by atomic mass is 35.5. The fraction of sp³-hybridized carbons (Fsp3) is 0.273. The van der Waals surface area contributed by atoms with Crippen LogP contribution in [0.1, 0.15) is 33.3 Å². The second kappa shape index (κ2) is 7.28. The molecule has 0 fully saturated rings. The van der Waals surface area contributed by atoms with Gasteiger partial charge in [0.2, 0.25) is 5.76 Å². The van der Waals surface area contributed by atoms with Gasteiger partial charge in [0.25, 0.3) is 5.91 Å². The molecule has 0 bridgehead atoms. The first-order chi connectivity index (χ1) is 13.8. The van der Waals surface area contributed by atoms with E-state index in [1.54, 1.807) is 37.3 Å². The second-order valence-corrected chi connectivity index (χ2v) is 7.90. The molecule has 0 unspecified atom stereocenters. The molecule has 29 heavy (non-hydrogen) atoms. The topological polar surface area (TPSA) is 53.8 Å². The van der Waals surface area contributed by atoms with Crippen molar-refractivity contribution in [1.82, 2.24) is 9.80 Å². The van der Waals surface area contributed by atoms with Crippen LogP contribution in [0.15, 0.2) is 45.6 Å². The van der Waals surface area contributed by atoms with E-state index in [1.165, 1.54) is 11.0 Å². The van der Waals surface area contributed by atoms with Crippen molar-refractivity contribution < 1.29 is 13.6 Å². The molecule has 0 aliphatic carbocycles. The molecule has 0 saturated carbocycles. The van der Waals surface area contributed by atoms with Gasteiger partial charge in [0, 0.05) is 23.7 Å². The van der Waals surface area contributed by atoms with Gasteiger partial charge in [-0.25, -0.2) is 4.39 Å². The number of aryl methyl sites for hydroxylation is 1. The number of nitrogens with zero attached hydrogens (tertiary/aromatic N) is 2. The van der Waals surface area contributed by atoms with Crippen LogP contribution in [0.2, 0.25) is 5.02 Å². The van der Waals surface area contributed by atoms with Gasteiger partial charge in [-0.05, 0) is 44.8 Å². The fourth-order valence-corrected chi connectivity index (χ4v) is 3.86. The molecule has 0 N–H and O–H groups in total. The average molecular weight is 415 g/mol. The number of carbonyl (C=O) groups is 1. The Morgan fingerprint density at radius 1 is 1.21 bits per heavy atom. The summed E-state index contributed by atoms with van der Waals surface area (Å²) in [6.45, 7) is 2.68. The maximum absolute atomic E-state index is 14.7. The molecular weight excluding hydrogens is 395 g/mol. The van der Waals surface area contributed by atoms with E-state index in [2.05, 4.69) is 0 Å². The Labute approximate surface area is 172 Å². The van der Waals surface area contributed by atoms with Gasteiger partial charge in [0.15, 0.2) is 5.43 Å². The van der Waals surface area contributed by atoms with Gasteiger partial charge in [0.1, 0.15) is 11.4 Å². The summed E-state index contributed by atoms with van der Waals surface area (Å²) in [6, 6.07) is 8.53. The number of likely N-dealkylation sites (N-methyl/N-ethyl adjacent to an activating group) is 1. The summed E-state index contributed by atoms with van der Waals surface area (Å²) >= 11 is 6.21. The standard InChI is InChI=1S/C22H20ClFN2O3/c1-12-10-17-14(11-15(12)23)20(27)18-19(13-6-4-5-7-16(13)24)26(9-8-25(2)3)22(28)21(18)29-17/h4-7,10-11,19H,8-9H2,1-3H3/t19-/m1/s1. The zero-order valence-corrected chi connectivity index (χ0v) is 17.1. The van der Waals surface area contributed by atoms with Crippen molar-refractivity contribution in [2.24, 2.45) is 0 Å². The number of fused-ring (bicyclic) bond motifs is 2. The molecule has 1 atom stereocenters. The van der Waals surface area contributed by atoms with Crippen molar-refractivity contribution in [3.8, 4) is 0 Å². The van der Waals surface area contributed by atoms with Crippen molar-refractivity contribution in [3.05, 3.63) is 79.9 Å². The van der Waals surface area contributed by atoms with E-state index in [9.17, 15) is 14.0 Å². The summed E-state index contributed by atoms with van der Waals surface area (Å²) in [5.74, 6) is -0.924. The van der Waals surface area contributed by atoms with E-state index in [0.717, 1.165) is 5.56 Å². The summed E-state index contributed by atoms with van der Waals surface area (Å²) in [5, 5.41) is 0.712. The van der Waals surface area contributed by atoms with Crippen LogP contribution >= 0.6 is 11.6 Å². The minimum Gasteiger partial charge on any atom is -0.450 e. The maximum atomic E-state index is 14.7. The largest absolute Gasteiger partial charge is 0.450 e. The van der Waals surface area contributed by atoms with Gasteiger partial charge in [-0.2, -0.15) is 0 Å². The highest BCUT2D eigenvalue weighted by Crippen LogP contribution is 2.39. The Morgan fingerprint density at radius 3 is 2.62 bits per heavy atom. The minimum absolute atomic E-state index is 0.0313. The molecule has 1 aliphatic heterocycles. The molecule has 2 aromatic carbocycles. The lowest BCUT2D eigenvalue weighted by molar-refractivity contribution is 0.0714. The van der Waals surface area contributed by atoms with Crippen LogP contribution in [-0.4, -0.2) is 42.9 Å². The number of amides is 1. The lowest BCUT2D eigenvalue weighted by atomic mass is 9.98. The molecule has 150 valence electrons. The Hall–Kier alpha value is -2.70. The molecule has 0 spiro atoms. The Balaban J connectivity index is 1.99. The van der Waals surface area contributed by atoms with Crippen LogP contribution in [0.4, 0.5) is 4.39 Å². The molecule has 2 heterocycles. The van der Waals surface area contributed by atoms with Crippen molar-refractivity contribution in [2.45, 2.75) is 13.0 Å². The predicted molar refractivity (Wildman–Crippen MR) is 110 cm³/mol. The summed E-state index contributed by atoms with van der Waals surface area (Å²) in [5.41, 5.74) is 1.10. The first-order valence-corrected chi connectivity index (χ1v) is 9.64. The van der Waals surface area contributed by atoms with Gasteiger partial charge in [-0.1, -0.05) is 29.8 Å². The zero-order valence-electron chi connectivity index (χ0n) is 16.3. The average Bonchev–Trinajstić information content (AvgIpc) is 2.94. The monoisotopic (exact) mass is 414 g/mol. The van der Waals surface area contributed by atoms with Crippen LogP contribution in [0.25, 0.3) is 11.0 Å². The Bertz CT molecular complexity index is 1190. The first kappa shape index (κ1) is 19.6. The lowest BCUT2D eigenvalue weighted by Gasteiger charge is -2.26. The molecule has 1 amide bonds. The van der Waals surface area contributed by atoms with E-state index in [4.69, 9.17) is 16.0 Å². The van der Waals surface area contributed by atoms with Crippen LogP contribution < -0.4 is 5.43 Å². The third kappa shape index (κ3) is 3.22. The maximum Gasteiger partial charge on any atom is 0.290 e. The summed E-state index contributed by atoms with van der Waals surface area (Å²) in [6.07, 6.45) is 0. The predicted octanol–water partition coefficient (Wildman–Crippen LogP) is 4.00. The zero-order chi connectivity index (χ0) is 20.9. The van der Waals surface area contributed by atoms with Crippen LogP contribution in [0.5, 0.6) is 0 Å². The fourth-order valence-electron chi connectivity index (χ4n) is 3.70. The van der Waals surface area contributed by atoms with Gasteiger partial charge >= 0.3 is 0 Å². The van der Waals surface area contributed by atoms with E-state index in [-0.39, 0.29) is 27.7 Å². The van der Waals surface area contributed by atoms with E-state index < -0.39 is 17.8 Å². The van der Waals surface area contributed by atoms with Gasteiger partial charge in [-0.15, -0.1) is 0 Å². The molecular formula is C22H20ClFN2O3. The normalized spacial score (nSPS) is 16.1. The molecule has 4 rings (SSSR count). The van der Waals surface area contributed by atoms with E-state index in [1.807, 2.05) is 19.0 Å². The molecule has 0 saturated heterocycles. The third-order valence-corrected chi connectivity index (χ3v) is 5.64. The molecule has 0 radical (unpaired) electrons. The summed E-state index contributed by atoms with van der Waals surface area (Å²) < 4.78 is 20.6. The summed E-state index contributed by atoms with van der Waals surface area (Å²) in [7, 11) is 3.77. The minimum atomic E-state index is -0.848. The number of hydrogen-bond donors (Lipinski definition) is 0. The van der Waals surface area contributed by atoms with Crippen LogP contribution in [0.3, 0.4) is 0 Å². The van der Waals surface area contributed by atoms with E-state index in [0.29, 0.717) is 23.7 Å². The van der Waals surface area contributed by atoms with Crippen molar-refractivity contribution in [3.63, 3.8) is 0 Å². The molecule has 3 aromatic rings. The molecule has 1 aliphatic rings. The number of halogens is 2. The molecule has 5 nitrogen and oxygen atoms in total. The Kier molecular flexibility index (Phi) is 4.92. The smallest absolute Gasteiger partial charge is 0.290 e. The Morgan fingerprint density at radius 2 is 1.93 bits per heavy atom. The molecule has 7 heteroatoms. The third-order valence-electron chi connectivity index (χ3n) is 5.23. The van der Waals surface area contributed by atoms with Gasteiger partial charge < -0.3 is 14.2 Å². The number of hydrogen-bond acceptors (Lipinski definition) is 4. The van der Waals surface area contributed by atoms with E-state index >= 15 is 0 Å². The van der Waals surface area contributed by atoms with Gasteiger partial charge in [-0.3, -0.25) is 9.59 Å².